The second kappa shape index (κ2) is 6.70. The molecule has 0 aliphatic rings. The molecule has 0 bridgehead atoms. The topological polar surface area (TPSA) is 29.5 Å². The van der Waals surface area contributed by atoms with Crippen LogP contribution in [0.4, 0.5) is 4.39 Å². The van der Waals surface area contributed by atoms with Gasteiger partial charge in [-0.3, -0.25) is 0 Å². The van der Waals surface area contributed by atoms with Crippen molar-refractivity contribution in [1.82, 2.24) is 0 Å². The van der Waals surface area contributed by atoms with Gasteiger partial charge < -0.3 is 9.84 Å². The molecule has 1 N–H and O–H groups in total. The Bertz CT molecular complexity index is 617. The lowest BCUT2D eigenvalue weighted by atomic mass is 10.0. The highest BCUT2D eigenvalue weighted by atomic mass is 79.9. The molecule has 20 heavy (non-hydrogen) atoms. The molecule has 5 heteroatoms. The summed E-state index contributed by atoms with van der Waals surface area (Å²) in [6, 6.07) is 10.1. The fraction of sp³-hybridized carbons (Fsp3) is 0.200. The van der Waals surface area contributed by atoms with Crippen LogP contribution >= 0.6 is 31.9 Å². The molecule has 1 unspecified atom stereocenters. The van der Waals surface area contributed by atoms with E-state index in [4.69, 9.17) is 4.74 Å². The van der Waals surface area contributed by atoms with Crippen LogP contribution in [-0.2, 0) is 6.42 Å². The van der Waals surface area contributed by atoms with Crippen LogP contribution < -0.4 is 4.74 Å². The first kappa shape index (κ1) is 15.5. The molecule has 0 fully saturated rings. The first-order valence-electron chi connectivity index (χ1n) is 5.96. The van der Waals surface area contributed by atoms with Crippen LogP contribution in [0.15, 0.2) is 45.3 Å². The molecule has 0 saturated carbocycles. The highest BCUT2D eigenvalue weighted by molar-refractivity contribution is 9.10. The van der Waals surface area contributed by atoms with Crippen LogP contribution in [0.25, 0.3) is 0 Å². The van der Waals surface area contributed by atoms with Gasteiger partial charge in [-0.1, -0.05) is 37.9 Å². The van der Waals surface area contributed by atoms with Gasteiger partial charge in [0.05, 0.1) is 13.2 Å². The van der Waals surface area contributed by atoms with E-state index in [1.807, 2.05) is 0 Å². The van der Waals surface area contributed by atoms with Crippen LogP contribution in [0.3, 0.4) is 0 Å². The lowest BCUT2D eigenvalue weighted by Crippen LogP contribution is -2.05. The van der Waals surface area contributed by atoms with Gasteiger partial charge in [-0.05, 0) is 41.5 Å². The Morgan fingerprint density at radius 3 is 2.60 bits per heavy atom. The largest absolute Gasteiger partial charge is 0.497 e. The highest BCUT2D eigenvalue weighted by Gasteiger charge is 2.15. The Labute approximate surface area is 133 Å². The third-order valence-electron chi connectivity index (χ3n) is 2.99. The Hall–Kier alpha value is -0.910. The quantitative estimate of drug-likeness (QED) is 0.805. The maximum absolute atomic E-state index is 13.8. The average molecular weight is 404 g/mol. The van der Waals surface area contributed by atoms with Gasteiger partial charge in [0, 0.05) is 15.4 Å². The van der Waals surface area contributed by atoms with Crippen molar-refractivity contribution in [3.8, 4) is 5.75 Å². The predicted molar refractivity (Wildman–Crippen MR) is 83.5 cm³/mol. The summed E-state index contributed by atoms with van der Waals surface area (Å²) in [7, 11) is 1.56. The predicted octanol–water partition coefficient (Wildman–Crippen LogP) is 4.64. The summed E-state index contributed by atoms with van der Waals surface area (Å²) in [6.45, 7) is 0. The lowest BCUT2D eigenvalue weighted by molar-refractivity contribution is 0.176. The SMILES string of the molecule is COc1ccc(Br)c(C(O)Cc2ccc(Br)cc2F)c1. The molecule has 0 saturated heterocycles. The average Bonchev–Trinajstić information content (AvgIpc) is 2.42. The Balaban J connectivity index is 2.25. The molecule has 2 nitrogen and oxygen atoms in total. The fourth-order valence-corrected chi connectivity index (χ4v) is 2.75. The van der Waals surface area contributed by atoms with Gasteiger partial charge in [0.1, 0.15) is 11.6 Å². The zero-order valence-corrected chi connectivity index (χ0v) is 13.9. The van der Waals surface area contributed by atoms with Crippen molar-refractivity contribution in [2.75, 3.05) is 7.11 Å². The minimum Gasteiger partial charge on any atom is -0.497 e. The Kier molecular flexibility index (Phi) is 5.18. The summed E-state index contributed by atoms with van der Waals surface area (Å²) in [6.07, 6.45) is -0.611. The number of benzene rings is 2. The molecule has 0 aliphatic carbocycles. The summed E-state index contributed by atoms with van der Waals surface area (Å²) in [5.74, 6) is 0.316. The van der Waals surface area contributed by atoms with Gasteiger partial charge in [0.15, 0.2) is 0 Å². The zero-order chi connectivity index (χ0) is 14.7. The molecular weight excluding hydrogens is 391 g/mol. The fourth-order valence-electron chi connectivity index (χ4n) is 1.91. The van der Waals surface area contributed by atoms with Crippen LogP contribution in [0.2, 0.25) is 0 Å². The van der Waals surface area contributed by atoms with Crippen LogP contribution in [-0.4, -0.2) is 12.2 Å². The number of halogens is 3. The van der Waals surface area contributed by atoms with Crippen molar-refractivity contribution in [2.24, 2.45) is 0 Å². The summed E-state index contributed by atoms with van der Waals surface area (Å²) in [4.78, 5) is 0. The molecule has 0 heterocycles. The van der Waals surface area contributed by atoms with E-state index in [-0.39, 0.29) is 12.2 Å². The standard InChI is InChI=1S/C15H13Br2FO2/c1-20-11-4-5-13(17)12(8-11)15(19)6-9-2-3-10(16)7-14(9)18/h2-5,7-8,15,19H,6H2,1H3. The molecular formula is C15H13Br2FO2. The number of aliphatic hydroxyl groups is 1. The third kappa shape index (κ3) is 3.59. The molecule has 2 aromatic carbocycles. The summed E-state index contributed by atoms with van der Waals surface area (Å²) >= 11 is 6.60. The van der Waals surface area contributed by atoms with E-state index in [9.17, 15) is 9.50 Å². The maximum atomic E-state index is 13.8. The van der Waals surface area contributed by atoms with E-state index >= 15 is 0 Å². The smallest absolute Gasteiger partial charge is 0.127 e. The van der Waals surface area contributed by atoms with Gasteiger partial charge >= 0.3 is 0 Å². The first-order valence-corrected chi connectivity index (χ1v) is 7.55. The number of methoxy groups -OCH3 is 1. The van der Waals surface area contributed by atoms with Gasteiger partial charge in [0.2, 0.25) is 0 Å². The normalized spacial score (nSPS) is 12.2. The summed E-state index contributed by atoms with van der Waals surface area (Å²) in [5.41, 5.74) is 1.14. The van der Waals surface area contributed by atoms with Gasteiger partial charge in [-0.15, -0.1) is 0 Å². The second-order valence-corrected chi connectivity index (χ2v) is 6.11. The number of hydrogen-bond acceptors (Lipinski definition) is 2. The van der Waals surface area contributed by atoms with Crippen molar-refractivity contribution >= 4 is 31.9 Å². The molecule has 0 radical (unpaired) electrons. The van der Waals surface area contributed by atoms with Crippen LogP contribution in [0.5, 0.6) is 5.75 Å². The molecule has 2 rings (SSSR count). The zero-order valence-electron chi connectivity index (χ0n) is 10.7. The van der Waals surface area contributed by atoms with Crippen LogP contribution in [0, 0.1) is 5.82 Å². The minimum absolute atomic E-state index is 0.199. The van der Waals surface area contributed by atoms with Crippen molar-refractivity contribution in [3.63, 3.8) is 0 Å². The number of hydrogen-bond donors (Lipinski definition) is 1. The lowest BCUT2D eigenvalue weighted by Gasteiger charge is -2.15. The Morgan fingerprint density at radius 1 is 1.20 bits per heavy atom. The first-order chi connectivity index (χ1) is 9.51. The monoisotopic (exact) mass is 402 g/mol. The molecule has 1 atom stereocenters. The van der Waals surface area contributed by atoms with Crippen LogP contribution in [0.1, 0.15) is 17.2 Å². The number of rotatable bonds is 4. The molecule has 106 valence electrons. The minimum atomic E-state index is -0.810. The second-order valence-electron chi connectivity index (χ2n) is 4.34. The van der Waals surface area contributed by atoms with Gasteiger partial charge in [-0.2, -0.15) is 0 Å². The van der Waals surface area contributed by atoms with E-state index in [0.717, 1.165) is 4.47 Å². The summed E-state index contributed by atoms with van der Waals surface area (Å²) in [5, 5.41) is 10.3. The number of ether oxygens (including phenoxy) is 1. The van der Waals surface area contributed by atoms with Crippen molar-refractivity contribution < 1.29 is 14.2 Å². The summed E-state index contributed by atoms with van der Waals surface area (Å²) < 4.78 is 20.4. The van der Waals surface area contributed by atoms with Crippen molar-refractivity contribution in [3.05, 3.63) is 62.3 Å². The molecule has 2 aromatic rings. The van der Waals surface area contributed by atoms with E-state index < -0.39 is 6.10 Å². The van der Waals surface area contributed by atoms with E-state index in [2.05, 4.69) is 31.9 Å². The van der Waals surface area contributed by atoms with Gasteiger partial charge in [0.25, 0.3) is 0 Å². The molecule has 0 amide bonds. The molecule has 0 aliphatic heterocycles. The maximum Gasteiger partial charge on any atom is 0.127 e. The van der Waals surface area contributed by atoms with Crippen molar-refractivity contribution in [1.29, 1.82) is 0 Å². The molecule has 0 spiro atoms. The van der Waals surface area contributed by atoms with Gasteiger partial charge in [-0.25, -0.2) is 4.39 Å². The van der Waals surface area contributed by atoms with E-state index in [1.165, 1.54) is 6.07 Å². The van der Waals surface area contributed by atoms with Crippen molar-refractivity contribution in [2.45, 2.75) is 12.5 Å². The highest BCUT2D eigenvalue weighted by Crippen LogP contribution is 2.30. The third-order valence-corrected chi connectivity index (χ3v) is 4.21. The van der Waals surface area contributed by atoms with E-state index in [0.29, 0.717) is 21.3 Å². The van der Waals surface area contributed by atoms with E-state index in [1.54, 1.807) is 37.4 Å². The number of aliphatic hydroxyl groups excluding tert-OH is 1. The Morgan fingerprint density at radius 2 is 1.95 bits per heavy atom. The molecule has 0 aromatic heterocycles.